The molecular formula is C13H24N2O3. The smallest absolute Gasteiger partial charge is 0.318 e. The van der Waals surface area contributed by atoms with E-state index in [0.717, 1.165) is 5.57 Å². The minimum absolute atomic E-state index is 0.0260. The van der Waals surface area contributed by atoms with Crippen molar-refractivity contribution in [1.29, 1.82) is 0 Å². The molecule has 0 bridgehead atoms. The van der Waals surface area contributed by atoms with Crippen LogP contribution in [0.3, 0.4) is 0 Å². The molecule has 0 aliphatic heterocycles. The zero-order valence-electron chi connectivity index (χ0n) is 11.9. The molecule has 2 N–H and O–H groups in total. The minimum Gasteiger partial charge on any atom is -0.466 e. The lowest BCUT2D eigenvalue weighted by Crippen LogP contribution is -2.34. The minimum atomic E-state index is -0.317. The summed E-state index contributed by atoms with van der Waals surface area (Å²) in [6, 6.07) is -0.317. The molecule has 0 unspecified atom stereocenters. The highest BCUT2D eigenvalue weighted by Gasteiger charge is 2.12. The van der Waals surface area contributed by atoms with E-state index in [2.05, 4.69) is 31.4 Å². The highest BCUT2D eigenvalue weighted by Crippen LogP contribution is 2.23. The zero-order valence-corrected chi connectivity index (χ0v) is 11.9. The molecule has 2 amide bonds. The number of nitrogens with one attached hydrogen (secondary N) is 2. The van der Waals surface area contributed by atoms with Gasteiger partial charge in [0.1, 0.15) is 0 Å². The number of allylic oxidation sites excluding steroid dienone is 1. The van der Waals surface area contributed by atoms with Crippen LogP contribution in [0.4, 0.5) is 4.79 Å². The summed E-state index contributed by atoms with van der Waals surface area (Å²) in [5.41, 5.74) is 1.10. The van der Waals surface area contributed by atoms with Gasteiger partial charge in [0.05, 0.1) is 13.0 Å². The largest absolute Gasteiger partial charge is 0.466 e. The standard InChI is InChI=1S/C13H24N2O3/c1-6-18-11(16)7-8-14-12(17)15-9-10(2)13(3,4)5/h9H,6-8H2,1-5H3,(H2,14,15,17)/b10-9+. The molecule has 0 aliphatic carbocycles. The van der Waals surface area contributed by atoms with Crippen LogP contribution in [0.25, 0.3) is 0 Å². The van der Waals surface area contributed by atoms with Crippen LogP contribution in [-0.2, 0) is 9.53 Å². The second-order valence-corrected chi connectivity index (χ2v) is 5.03. The number of amides is 2. The number of esters is 1. The molecule has 0 saturated carbocycles. The van der Waals surface area contributed by atoms with Crippen molar-refractivity contribution < 1.29 is 14.3 Å². The Hall–Kier alpha value is -1.52. The maximum absolute atomic E-state index is 11.4. The van der Waals surface area contributed by atoms with Crippen molar-refractivity contribution in [3.05, 3.63) is 11.8 Å². The van der Waals surface area contributed by atoms with Gasteiger partial charge in [0.15, 0.2) is 0 Å². The van der Waals surface area contributed by atoms with E-state index in [4.69, 9.17) is 4.74 Å². The summed E-state index contributed by atoms with van der Waals surface area (Å²) in [5, 5.41) is 5.21. The van der Waals surface area contributed by atoms with E-state index in [9.17, 15) is 9.59 Å². The van der Waals surface area contributed by atoms with Crippen LogP contribution in [0, 0.1) is 5.41 Å². The number of hydrogen-bond donors (Lipinski definition) is 2. The van der Waals surface area contributed by atoms with Gasteiger partial charge in [-0.05, 0) is 19.3 Å². The lowest BCUT2D eigenvalue weighted by atomic mass is 9.88. The van der Waals surface area contributed by atoms with Crippen LogP contribution in [0.15, 0.2) is 11.8 Å². The second-order valence-electron chi connectivity index (χ2n) is 5.03. The van der Waals surface area contributed by atoms with Crippen molar-refractivity contribution in [1.82, 2.24) is 10.6 Å². The third-order valence-corrected chi connectivity index (χ3v) is 2.52. The first-order valence-corrected chi connectivity index (χ1v) is 6.14. The fraction of sp³-hybridized carbons (Fsp3) is 0.692. The molecule has 104 valence electrons. The summed E-state index contributed by atoms with van der Waals surface area (Å²) < 4.78 is 4.74. The van der Waals surface area contributed by atoms with Gasteiger partial charge >= 0.3 is 12.0 Å². The van der Waals surface area contributed by atoms with E-state index in [1.165, 1.54) is 0 Å². The maximum atomic E-state index is 11.4. The second kappa shape index (κ2) is 7.74. The van der Waals surface area contributed by atoms with Crippen molar-refractivity contribution in [2.45, 2.75) is 41.0 Å². The van der Waals surface area contributed by atoms with Crippen molar-refractivity contribution in [3.63, 3.8) is 0 Å². The molecule has 5 heteroatoms. The molecule has 0 rings (SSSR count). The van der Waals surface area contributed by atoms with E-state index >= 15 is 0 Å². The topological polar surface area (TPSA) is 67.4 Å². The lowest BCUT2D eigenvalue weighted by Gasteiger charge is -2.19. The first-order valence-electron chi connectivity index (χ1n) is 6.14. The molecule has 0 radical (unpaired) electrons. The Kier molecular flexibility index (Phi) is 7.08. The average molecular weight is 256 g/mol. The highest BCUT2D eigenvalue weighted by atomic mass is 16.5. The van der Waals surface area contributed by atoms with Crippen LogP contribution in [-0.4, -0.2) is 25.2 Å². The van der Waals surface area contributed by atoms with Crippen LogP contribution >= 0.6 is 0 Å². The Bertz CT molecular complexity index is 317. The molecule has 0 aliphatic rings. The fourth-order valence-electron chi connectivity index (χ4n) is 0.953. The normalized spacial score (nSPS) is 11.9. The molecular weight excluding hydrogens is 232 g/mol. The third kappa shape index (κ3) is 7.70. The summed E-state index contributed by atoms with van der Waals surface area (Å²) in [7, 11) is 0. The van der Waals surface area contributed by atoms with E-state index in [1.54, 1.807) is 13.1 Å². The summed E-state index contributed by atoms with van der Waals surface area (Å²) in [5.74, 6) is -0.306. The van der Waals surface area contributed by atoms with Gasteiger partial charge in [-0.1, -0.05) is 26.3 Å². The Labute approximate surface area is 109 Å². The average Bonchev–Trinajstić information content (AvgIpc) is 2.24. The molecule has 18 heavy (non-hydrogen) atoms. The third-order valence-electron chi connectivity index (χ3n) is 2.52. The number of carbonyl (C=O) groups is 2. The Morgan fingerprint density at radius 1 is 1.28 bits per heavy atom. The summed E-state index contributed by atoms with van der Waals surface area (Å²) in [6.07, 6.45) is 1.86. The first kappa shape index (κ1) is 16.5. The van der Waals surface area contributed by atoms with E-state index in [1.807, 2.05) is 6.92 Å². The Morgan fingerprint density at radius 3 is 2.39 bits per heavy atom. The Morgan fingerprint density at radius 2 is 1.89 bits per heavy atom. The SMILES string of the molecule is CCOC(=O)CCNC(=O)N/C=C(\C)C(C)(C)C. The van der Waals surface area contributed by atoms with Gasteiger partial charge < -0.3 is 15.4 Å². The number of carbonyl (C=O) groups excluding carboxylic acids is 2. The molecule has 0 fully saturated rings. The Balaban J connectivity index is 3.89. The van der Waals surface area contributed by atoms with Gasteiger partial charge in [0.2, 0.25) is 0 Å². The molecule has 0 spiro atoms. The molecule has 0 heterocycles. The van der Waals surface area contributed by atoms with E-state index in [0.29, 0.717) is 6.61 Å². The van der Waals surface area contributed by atoms with Gasteiger partial charge in [-0.15, -0.1) is 0 Å². The van der Waals surface area contributed by atoms with Crippen molar-refractivity contribution in [3.8, 4) is 0 Å². The number of rotatable bonds is 5. The molecule has 0 aromatic heterocycles. The summed E-state index contributed by atoms with van der Waals surface area (Å²) >= 11 is 0. The number of hydrogen-bond acceptors (Lipinski definition) is 3. The fourth-order valence-corrected chi connectivity index (χ4v) is 0.953. The van der Waals surface area contributed by atoms with Crippen molar-refractivity contribution >= 4 is 12.0 Å². The summed E-state index contributed by atoms with van der Waals surface area (Å²) in [6.45, 7) is 10.5. The molecule has 0 aromatic rings. The van der Waals surface area contributed by atoms with Crippen LogP contribution < -0.4 is 10.6 Å². The monoisotopic (exact) mass is 256 g/mol. The van der Waals surface area contributed by atoms with Gasteiger partial charge in [-0.25, -0.2) is 4.79 Å². The predicted octanol–water partition coefficient (Wildman–Crippen LogP) is 2.19. The van der Waals surface area contributed by atoms with Crippen molar-refractivity contribution in [2.24, 2.45) is 5.41 Å². The van der Waals surface area contributed by atoms with Gasteiger partial charge in [-0.3, -0.25) is 4.79 Å². The van der Waals surface area contributed by atoms with Crippen LogP contribution in [0.5, 0.6) is 0 Å². The number of urea groups is 1. The summed E-state index contributed by atoms with van der Waals surface area (Å²) in [4.78, 5) is 22.4. The molecule has 0 atom stereocenters. The zero-order chi connectivity index (χ0) is 14.2. The van der Waals surface area contributed by atoms with Gasteiger partial charge in [-0.2, -0.15) is 0 Å². The lowest BCUT2D eigenvalue weighted by molar-refractivity contribution is -0.142. The van der Waals surface area contributed by atoms with Gasteiger partial charge in [0.25, 0.3) is 0 Å². The molecule has 0 aromatic carbocycles. The quantitative estimate of drug-likeness (QED) is 0.741. The predicted molar refractivity (Wildman–Crippen MR) is 71.0 cm³/mol. The molecule has 5 nitrogen and oxygen atoms in total. The number of ether oxygens (including phenoxy) is 1. The van der Waals surface area contributed by atoms with Crippen LogP contribution in [0.2, 0.25) is 0 Å². The van der Waals surface area contributed by atoms with E-state index < -0.39 is 0 Å². The molecule has 0 saturated heterocycles. The highest BCUT2D eigenvalue weighted by molar-refractivity contribution is 5.76. The van der Waals surface area contributed by atoms with E-state index in [-0.39, 0.29) is 30.4 Å². The first-order chi connectivity index (χ1) is 8.27. The van der Waals surface area contributed by atoms with Crippen LogP contribution in [0.1, 0.15) is 41.0 Å². The van der Waals surface area contributed by atoms with Gasteiger partial charge in [0, 0.05) is 12.7 Å². The maximum Gasteiger partial charge on any atom is 0.318 e. The van der Waals surface area contributed by atoms with Crippen molar-refractivity contribution in [2.75, 3.05) is 13.2 Å².